The predicted octanol–water partition coefficient (Wildman–Crippen LogP) is 3.39. The Morgan fingerprint density at radius 1 is 0.879 bits per heavy atom. The summed E-state index contributed by atoms with van der Waals surface area (Å²) in [6.07, 6.45) is 0.453. The summed E-state index contributed by atoms with van der Waals surface area (Å²) >= 11 is 0. The molecule has 3 aromatic carbocycles. The summed E-state index contributed by atoms with van der Waals surface area (Å²) in [5.74, 6) is 0.533. The van der Waals surface area contributed by atoms with Crippen molar-refractivity contribution in [2.24, 2.45) is 0 Å². The summed E-state index contributed by atoms with van der Waals surface area (Å²) in [4.78, 5) is 30.4. The molecule has 2 amide bonds. The van der Waals surface area contributed by atoms with Gasteiger partial charge in [-0.15, -0.1) is 0 Å². The van der Waals surface area contributed by atoms with Gasteiger partial charge in [-0.05, 0) is 29.8 Å². The lowest BCUT2D eigenvalue weighted by atomic mass is 10.0. The summed E-state index contributed by atoms with van der Waals surface area (Å²) in [6, 6.07) is 26.2. The van der Waals surface area contributed by atoms with Crippen molar-refractivity contribution in [3.63, 3.8) is 0 Å². The Bertz CT molecular complexity index is 1060. The molecule has 1 aliphatic heterocycles. The van der Waals surface area contributed by atoms with Gasteiger partial charge in [-0.25, -0.2) is 0 Å². The monoisotopic (exact) mass is 443 g/mol. The van der Waals surface area contributed by atoms with Crippen molar-refractivity contribution in [3.8, 4) is 5.75 Å². The van der Waals surface area contributed by atoms with Gasteiger partial charge in [0.25, 0.3) is 5.91 Å². The van der Waals surface area contributed by atoms with E-state index in [0.29, 0.717) is 25.1 Å². The third-order valence-electron chi connectivity index (χ3n) is 5.93. The zero-order valence-electron chi connectivity index (χ0n) is 18.8. The molecule has 1 unspecified atom stereocenters. The Morgan fingerprint density at radius 2 is 1.55 bits per heavy atom. The Labute approximate surface area is 194 Å². The van der Waals surface area contributed by atoms with Crippen molar-refractivity contribution < 1.29 is 14.3 Å². The molecular formula is C27H29N3O3. The summed E-state index contributed by atoms with van der Waals surface area (Å²) in [5.41, 5.74) is 2.64. The van der Waals surface area contributed by atoms with E-state index in [-0.39, 0.29) is 11.8 Å². The maximum atomic E-state index is 13.5. The number of rotatable bonds is 7. The summed E-state index contributed by atoms with van der Waals surface area (Å²) in [7, 11) is 1.66. The fourth-order valence-electron chi connectivity index (χ4n) is 4.09. The van der Waals surface area contributed by atoms with Gasteiger partial charge in [0.1, 0.15) is 11.8 Å². The zero-order valence-corrected chi connectivity index (χ0v) is 18.8. The number of ether oxygens (including phenoxy) is 1. The minimum atomic E-state index is -0.622. The predicted molar refractivity (Wildman–Crippen MR) is 130 cm³/mol. The van der Waals surface area contributed by atoms with Gasteiger partial charge in [-0.1, -0.05) is 54.6 Å². The summed E-state index contributed by atoms with van der Waals surface area (Å²) in [5, 5.41) is 2.98. The molecule has 0 spiro atoms. The molecule has 1 aliphatic rings. The van der Waals surface area contributed by atoms with Gasteiger partial charge in [0.05, 0.1) is 7.11 Å². The van der Waals surface area contributed by atoms with Crippen molar-refractivity contribution in [1.29, 1.82) is 0 Å². The second kappa shape index (κ2) is 10.7. The number of hydrogen-bond acceptors (Lipinski definition) is 4. The van der Waals surface area contributed by atoms with Crippen molar-refractivity contribution in [2.45, 2.75) is 12.5 Å². The molecular weight excluding hydrogens is 414 g/mol. The minimum absolute atomic E-state index is 0.0478. The van der Waals surface area contributed by atoms with Crippen LogP contribution in [-0.4, -0.2) is 56.0 Å². The molecule has 170 valence electrons. The third-order valence-corrected chi connectivity index (χ3v) is 5.93. The minimum Gasteiger partial charge on any atom is -0.497 e. The Morgan fingerprint density at radius 3 is 2.21 bits per heavy atom. The van der Waals surface area contributed by atoms with E-state index in [9.17, 15) is 9.59 Å². The largest absolute Gasteiger partial charge is 0.497 e. The highest BCUT2D eigenvalue weighted by Gasteiger charge is 2.29. The molecule has 0 saturated carbocycles. The molecule has 6 nitrogen and oxygen atoms in total. The van der Waals surface area contributed by atoms with Gasteiger partial charge < -0.3 is 19.9 Å². The maximum Gasteiger partial charge on any atom is 0.251 e. The smallest absolute Gasteiger partial charge is 0.251 e. The molecule has 0 bridgehead atoms. The lowest BCUT2D eigenvalue weighted by Gasteiger charge is -2.37. The fourth-order valence-corrected chi connectivity index (χ4v) is 4.09. The molecule has 4 rings (SSSR count). The lowest BCUT2D eigenvalue weighted by molar-refractivity contribution is -0.133. The van der Waals surface area contributed by atoms with Crippen molar-refractivity contribution in [2.75, 3.05) is 38.2 Å². The number of carbonyl (C=O) groups is 2. The first-order chi connectivity index (χ1) is 16.1. The summed E-state index contributed by atoms with van der Waals surface area (Å²) in [6.45, 7) is 2.65. The van der Waals surface area contributed by atoms with Crippen LogP contribution in [0.25, 0.3) is 0 Å². The van der Waals surface area contributed by atoms with E-state index in [1.165, 1.54) is 0 Å². The van der Waals surface area contributed by atoms with E-state index in [1.54, 1.807) is 19.2 Å². The highest BCUT2D eigenvalue weighted by molar-refractivity contribution is 5.97. The number of piperazine rings is 1. The second-order valence-corrected chi connectivity index (χ2v) is 8.10. The Balaban J connectivity index is 1.45. The van der Waals surface area contributed by atoms with Gasteiger partial charge in [-0.3, -0.25) is 9.59 Å². The number of nitrogens with zero attached hydrogens (tertiary/aromatic N) is 2. The van der Waals surface area contributed by atoms with E-state index >= 15 is 0 Å². The summed E-state index contributed by atoms with van der Waals surface area (Å²) < 4.78 is 5.34. The van der Waals surface area contributed by atoms with Crippen LogP contribution in [0, 0.1) is 0 Å². The van der Waals surface area contributed by atoms with Crippen LogP contribution < -0.4 is 15.0 Å². The first-order valence-electron chi connectivity index (χ1n) is 11.2. The van der Waals surface area contributed by atoms with Crippen LogP contribution in [0.4, 0.5) is 5.69 Å². The molecule has 1 fully saturated rings. The number of benzene rings is 3. The van der Waals surface area contributed by atoms with Crippen molar-refractivity contribution in [3.05, 3.63) is 96.1 Å². The molecule has 1 heterocycles. The van der Waals surface area contributed by atoms with Gasteiger partial charge in [0, 0.05) is 49.9 Å². The van der Waals surface area contributed by atoms with Crippen LogP contribution in [0.2, 0.25) is 0 Å². The number of carbonyl (C=O) groups excluding carboxylic acids is 2. The molecule has 1 saturated heterocycles. The van der Waals surface area contributed by atoms with Crippen LogP contribution in [0.5, 0.6) is 5.75 Å². The number of nitrogens with one attached hydrogen (secondary N) is 1. The van der Waals surface area contributed by atoms with Gasteiger partial charge >= 0.3 is 0 Å². The third kappa shape index (κ3) is 5.71. The molecule has 0 aliphatic carbocycles. The fraction of sp³-hybridized carbons (Fsp3) is 0.259. The zero-order chi connectivity index (χ0) is 23.0. The topological polar surface area (TPSA) is 61.9 Å². The van der Waals surface area contributed by atoms with Gasteiger partial charge in [0.15, 0.2) is 0 Å². The average Bonchev–Trinajstić information content (AvgIpc) is 2.89. The Kier molecular flexibility index (Phi) is 7.25. The average molecular weight is 444 g/mol. The maximum absolute atomic E-state index is 13.5. The van der Waals surface area contributed by atoms with E-state index in [0.717, 1.165) is 30.1 Å². The quantitative estimate of drug-likeness (QED) is 0.608. The molecule has 1 N–H and O–H groups in total. The van der Waals surface area contributed by atoms with Crippen molar-refractivity contribution in [1.82, 2.24) is 10.2 Å². The van der Waals surface area contributed by atoms with E-state index in [1.807, 2.05) is 71.6 Å². The van der Waals surface area contributed by atoms with Crippen LogP contribution in [0.3, 0.4) is 0 Å². The van der Waals surface area contributed by atoms with E-state index < -0.39 is 6.04 Å². The molecule has 1 atom stereocenters. The lowest BCUT2D eigenvalue weighted by Crippen LogP contribution is -2.55. The van der Waals surface area contributed by atoms with Crippen LogP contribution in [0.1, 0.15) is 15.9 Å². The number of hydrogen-bond donors (Lipinski definition) is 1. The molecule has 3 aromatic rings. The standard InChI is InChI=1S/C27H29N3O3/c1-33-24-14-8-13-23(20-24)29-15-17-30(18-16-29)27(32)25(19-21-9-4-2-5-10-21)28-26(31)22-11-6-3-7-12-22/h2-14,20,25H,15-19H2,1H3,(H,28,31). The number of anilines is 1. The molecule has 0 aromatic heterocycles. The number of amides is 2. The van der Waals surface area contributed by atoms with Crippen LogP contribution in [-0.2, 0) is 11.2 Å². The van der Waals surface area contributed by atoms with Crippen LogP contribution in [0.15, 0.2) is 84.9 Å². The van der Waals surface area contributed by atoms with Gasteiger partial charge in [0.2, 0.25) is 5.91 Å². The first-order valence-corrected chi connectivity index (χ1v) is 11.2. The SMILES string of the molecule is COc1cccc(N2CCN(C(=O)C(Cc3ccccc3)NC(=O)c3ccccc3)CC2)c1. The first kappa shape index (κ1) is 22.4. The van der Waals surface area contributed by atoms with E-state index in [2.05, 4.69) is 16.3 Å². The van der Waals surface area contributed by atoms with Crippen LogP contribution >= 0.6 is 0 Å². The normalized spacial score (nSPS) is 14.5. The molecule has 6 heteroatoms. The highest BCUT2D eigenvalue weighted by atomic mass is 16.5. The van der Waals surface area contributed by atoms with E-state index in [4.69, 9.17) is 4.74 Å². The second-order valence-electron chi connectivity index (χ2n) is 8.10. The number of methoxy groups -OCH3 is 1. The van der Waals surface area contributed by atoms with Gasteiger partial charge in [-0.2, -0.15) is 0 Å². The Hall–Kier alpha value is -3.80. The van der Waals surface area contributed by atoms with Crippen molar-refractivity contribution >= 4 is 17.5 Å². The highest BCUT2D eigenvalue weighted by Crippen LogP contribution is 2.22. The molecule has 33 heavy (non-hydrogen) atoms. The molecule has 0 radical (unpaired) electrons.